The average Bonchev–Trinajstić information content (AvgIpc) is 2.12. The van der Waals surface area contributed by atoms with Crippen LogP contribution in [0.3, 0.4) is 0 Å². The Kier molecular flexibility index (Phi) is 2.18. The van der Waals surface area contributed by atoms with E-state index in [4.69, 9.17) is 0 Å². The highest BCUT2D eigenvalue weighted by molar-refractivity contribution is 5.87. The van der Waals surface area contributed by atoms with Crippen molar-refractivity contribution in [2.45, 2.75) is 33.2 Å². The second-order valence-electron chi connectivity index (χ2n) is 4.88. The molecule has 0 aromatic rings. The van der Waals surface area contributed by atoms with Gasteiger partial charge in [0.25, 0.3) is 0 Å². The van der Waals surface area contributed by atoms with Gasteiger partial charge in [-0.15, -0.1) is 0 Å². The predicted molar refractivity (Wildman–Crippen MR) is 52.5 cm³/mol. The molecule has 2 heteroatoms. The standard InChI is InChI=1S/C11H19NO/c1-7(2)10-6-12-5-4-9(10)11(13)8(12)3/h7-10H,4-6H2,1-3H3. The number of hydrogen-bond acceptors (Lipinski definition) is 2. The summed E-state index contributed by atoms with van der Waals surface area (Å²) in [6, 6.07) is 0.203. The first-order valence-corrected chi connectivity index (χ1v) is 5.39. The van der Waals surface area contributed by atoms with Gasteiger partial charge in [-0.05, 0) is 31.7 Å². The molecule has 0 N–H and O–H groups in total. The van der Waals surface area contributed by atoms with Crippen LogP contribution in [-0.2, 0) is 4.79 Å². The zero-order valence-electron chi connectivity index (χ0n) is 8.79. The largest absolute Gasteiger partial charge is 0.298 e. The fraction of sp³-hybridized carbons (Fsp3) is 0.909. The van der Waals surface area contributed by atoms with E-state index in [1.54, 1.807) is 0 Å². The molecule has 0 aromatic carbocycles. The summed E-state index contributed by atoms with van der Waals surface area (Å²) in [7, 11) is 0. The Morgan fingerprint density at radius 3 is 2.69 bits per heavy atom. The molecule has 3 aliphatic rings. The molecular weight excluding hydrogens is 162 g/mol. The van der Waals surface area contributed by atoms with E-state index in [0.717, 1.165) is 19.5 Å². The first kappa shape index (κ1) is 9.20. The van der Waals surface area contributed by atoms with E-state index in [0.29, 0.717) is 23.5 Å². The van der Waals surface area contributed by atoms with Crippen LogP contribution >= 0.6 is 0 Å². The van der Waals surface area contributed by atoms with Crippen LogP contribution in [0.4, 0.5) is 0 Å². The van der Waals surface area contributed by atoms with E-state index >= 15 is 0 Å². The molecule has 13 heavy (non-hydrogen) atoms. The maximum atomic E-state index is 11.9. The fourth-order valence-electron chi connectivity index (χ4n) is 2.88. The summed E-state index contributed by atoms with van der Waals surface area (Å²) in [5.74, 6) is 2.15. The molecule has 0 spiro atoms. The maximum absolute atomic E-state index is 11.9. The molecule has 3 heterocycles. The third-order valence-electron chi connectivity index (χ3n) is 3.87. The van der Waals surface area contributed by atoms with Crippen LogP contribution in [0.2, 0.25) is 0 Å². The lowest BCUT2D eigenvalue weighted by Gasteiger charge is -2.48. The Bertz CT molecular complexity index is 224. The van der Waals surface area contributed by atoms with E-state index in [-0.39, 0.29) is 6.04 Å². The molecule has 3 rings (SSSR count). The third kappa shape index (κ3) is 1.32. The molecule has 0 aliphatic carbocycles. The first-order valence-electron chi connectivity index (χ1n) is 5.39. The number of ketones is 1. The molecule has 0 radical (unpaired) electrons. The number of carbonyl (C=O) groups is 1. The van der Waals surface area contributed by atoms with Gasteiger partial charge in [0.05, 0.1) is 6.04 Å². The fourth-order valence-corrected chi connectivity index (χ4v) is 2.88. The van der Waals surface area contributed by atoms with E-state index in [2.05, 4.69) is 25.7 Å². The quantitative estimate of drug-likeness (QED) is 0.611. The molecule has 0 aromatic heterocycles. The zero-order chi connectivity index (χ0) is 9.59. The van der Waals surface area contributed by atoms with Crippen LogP contribution in [0.25, 0.3) is 0 Å². The summed E-state index contributed by atoms with van der Waals surface area (Å²) >= 11 is 0. The summed E-state index contributed by atoms with van der Waals surface area (Å²) in [4.78, 5) is 14.2. The maximum Gasteiger partial charge on any atom is 0.153 e. The molecule has 2 bridgehead atoms. The Labute approximate surface area is 80.3 Å². The topological polar surface area (TPSA) is 20.3 Å². The molecular formula is C11H19NO. The Morgan fingerprint density at radius 2 is 2.15 bits per heavy atom. The Balaban J connectivity index is 2.19. The van der Waals surface area contributed by atoms with Crippen LogP contribution in [0.5, 0.6) is 0 Å². The molecule has 0 amide bonds. The van der Waals surface area contributed by atoms with Crippen molar-refractivity contribution < 1.29 is 4.79 Å². The van der Waals surface area contributed by atoms with Crippen LogP contribution in [-0.4, -0.2) is 29.8 Å². The van der Waals surface area contributed by atoms with Gasteiger partial charge in [-0.25, -0.2) is 0 Å². The van der Waals surface area contributed by atoms with Crippen molar-refractivity contribution >= 4 is 5.78 Å². The lowest BCUT2D eigenvalue weighted by molar-refractivity contribution is -0.142. The minimum atomic E-state index is 0.203. The number of carbonyl (C=O) groups excluding carboxylic acids is 1. The van der Waals surface area contributed by atoms with Crippen molar-refractivity contribution in [1.29, 1.82) is 0 Å². The molecule has 3 aliphatic heterocycles. The highest BCUT2D eigenvalue weighted by atomic mass is 16.1. The van der Waals surface area contributed by atoms with E-state index < -0.39 is 0 Å². The second kappa shape index (κ2) is 3.09. The molecule has 74 valence electrons. The highest BCUT2D eigenvalue weighted by Crippen LogP contribution is 2.37. The lowest BCUT2D eigenvalue weighted by Crippen LogP contribution is -2.59. The number of hydrogen-bond donors (Lipinski definition) is 0. The Morgan fingerprint density at radius 1 is 1.46 bits per heavy atom. The van der Waals surface area contributed by atoms with Crippen molar-refractivity contribution in [3.8, 4) is 0 Å². The summed E-state index contributed by atoms with van der Waals surface area (Å²) in [6.45, 7) is 8.83. The smallest absolute Gasteiger partial charge is 0.153 e. The number of Topliss-reactive ketones (excluding diaryl/α,β-unsaturated/α-hetero) is 1. The summed E-state index contributed by atoms with van der Waals surface area (Å²) in [5.41, 5.74) is 0. The molecule has 4 unspecified atom stereocenters. The van der Waals surface area contributed by atoms with Gasteiger partial charge < -0.3 is 0 Å². The van der Waals surface area contributed by atoms with Crippen molar-refractivity contribution in [2.24, 2.45) is 17.8 Å². The minimum absolute atomic E-state index is 0.203. The molecule has 0 saturated carbocycles. The van der Waals surface area contributed by atoms with Crippen molar-refractivity contribution in [2.75, 3.05) is 13.1 Å². The van der Waals surface area contributed by atoms with Crippen molar-refractivity contribution in [1.82, 2.24) is 4.90 Å². The van der Waals surface area contributed by atoms with E-state index in [1.165, 1.54) is 0 Å². The highest BCUT2D eigenvalue weighted by Gasteiger charge is 2.45. The van der Waals surface area contributed by atoms with Crippen LogP contribution < -0.4 is 0 Å². The second-order valence-corrected chi connectivity index (χ2v) is 4.88. The molecule has 2 nitrogen and oxygen atoms in total. The number of nitrogens with zero attached hydrogens (tertiary/aromatic N) is 1. The Hall–Kier alpha value is -0.370. The van der Waals surface area contributed by atoms with Gasteiger partial charge in [0, 0.05) is 12.5 Å². The van der Waals surface area contributed by atoms with Gasteiger partial charge in [0.2, 0.25) is 0 Å². The molecule has 3 fully saturated rings. The monoisotopic (exact) mass is 181 g/mol. The van der Waals surface area contributed by atoms with E-state index in [1.807, 2.05) is 0 Å². The average molecular weight is 181 g/mol. The van der Waals surface area contributed by atoms with Crippen LogP contribution in [0, 0.1) is 17.8 Å². The summed E-state index contributed by atoms with van der Waals surface area (Å²) in [6.07, 6.45) is 1.10. The summed E-state index contributed by atoms with van der Waals surface area (Å²) in [5, 5.41) is 0. The normalized spacial score (nSPS) is 44.5. The predicted octanol–water partition coefficient (Wildman–Crippen LogP) is 1.55. The summed E-state index contributed by atoms with van der Waals surface area (Å²) < 4.78 is 0. The van der Waals surface area contributed by atoms with Gasteiger partial charge in [0.1, 0.15) is 0 Å². The van der Waals surface area contributed by atoms with Crippen molar-refractivity contribution in [3.05, 3.63) is 0 Å². The number of fused-ring (bicyclic) bond motifs is 3. The first-order chi connectivity index (χ1) is 6.11. The van der Waals surface area contributed by atoms with E-state index in [9.17, 15) is 4.79 Å². The van der Waals surface area contributed by atoms with Gasteiger partial charge in [0.15, 0.2) is 5.78 Å². The number of rotatable bonds is 1. The minimum Gasteiger partial charge on any atom is -0.298 e. The lowest BCUT2D eigenvalue weighted by atomic mass is 9.70. The third-order valence-corrected chi connectivity index (χ3v) is 3.87. The molecule has 3 saturated heterocycles. The SMILES string of the molecule is CC(C)C1CN2CCC1C(=O)C2C. The van der Waals surface area contributed by atoms with Gasteiger partial charge in [-0.1, -0.05) is 13.8 Å². The number of piperidine rings is 3. The van der Waals surface area contributed by atoms with Gasteiger partial charge in [-0.3, -0.25) is 9.69 Å². The molecule has 4 atom stereocenters. The van der Waals surface area contributed by atoms with Gasteiger partial charge >= 0.3 is 0 Å². The van der Waals surface area contributed by atoms with Gasteiger partial charge in [-0.2, -0.15) is 0 Å². The zero-order valence-corrected chi connectivity index (χ0v) is 8.79. The van der Waals surface area contributed by atoms with Crippen LogP contribution in [0.1, 0.15) is 27.2 Å². The van der Waals surface area contributed by atoms with Crippen molar-refractivity contribution in [3.63, 3.8) is 0 Å². The van der Waals surface area contributed by atoms with Crippen LogP contribution in [0.15, 0.2) is 0 Å².